The Morgan fingerprint density at radius 3 is 2.83 bits per heavy atom. The van der Waals surface area contributed by atoms with Crippen LogP contribution in [-0.2, 0) is 4.74 Å². The third-order valence-corrected chi connectivity index (χ3v) is 2.73. The summed E-state index contributed by atoms with van der Waals surface area (Å²) in [7, 11) is 0. The maximum Gasteiger partial charge on any atom is 0.133 e. The van der Waals surface area contributed by atoms with Crippen LogP contribution in [0.3, 0.4) is 0 Å². The van der Waals surface area contributed by atoms with E-state index >= 15 is 0 Å². The molecule has 3 heteroatoms. The van der Waals surface area contributed by atoms with Crippen LogP contribution < -0.4 is 5.32 Å². The Labute approximate surface area is 109 Å². The molecule has 1 heterocycles. The van der Waals surface area contributed by atoms with Crippen LogP contribution in [0.25, 0.3) is 0 Å². The average molecular weight is 243 g/mol. The molecule has 0 aromatic carbocycles. The van der Waals surface area contributed by atoms with Gasteiger partial charge in [0, 0.05) is 24.4 Å². The molecule has 95 valence electrons. The zero-order valence-electron chi connectivity index (χ0n) is 10.9. The van der Waals surface area contributed by atoms with Crippen molar-refractivity contribution >= 4 is 6.21 Å². The topological polar surface area (TPSA) is 33.6 Å². The highest BCUT2D eigenvalue weighted by molar-refractivity contribution is 5.79. The van der Waals surface area contributed by atoms with Gasteiger partial charge in [0.15, 0.2) is 0 Å². The van der Waals surface area contributed by atoms with E-state index in [2.05, 4.69) is 17.2 Å². The van der Waals surface area contributed by atoms with E-state index in [-0.39, 0.29) is 0 Å². The molecule has 0 saturated carbocycles. The van der Waals surface area contributed by atoms with E-state index in [1.807, 2.05) is 44.0 Å². The number of nitrogens with zero attached hydrogens (tertiary/aromatic N) is 1. The molecule has 2 rings (SSSR count). The summed E-state index contributed by atoms with van der Waals surface area (Å²) in [6.45, 7) is 4.95. The normalized spacial score (nSPS) is 22.3. The van der Waals surface area contributed by atoms with Gasteiger partial charge in [-0.15, -0.1) is 0 Å². The van der Waals surface area contributed by atoms with Gasteiger partial charge in [-0.1, -0.05) is 19.4 Å². The largest absolute Gasteiger partial charge is 0.494 e. The van der Waals surface area contributed by atoms with Crippen molar-refractivity contribution in [2.75, 3.05) is 6.61 Å². The van der Waals surface area contributed by atoms with Crippen LogP contribution in [0.15, 0.2) is 52.1 Å². The fourth-order valence-corrected chi connectivity index (χ4v) is 1.62. The van der Waals surface area contributed by atoms with E-state index in [1.54, 1.807) is 0 Å². The molecule has 0 aromatic rings. The summed E-state index contributed by atoms with van der Waals surface area (Å²) >= 11 is 0. The van der Waals surface area contributed by atoms with Crippen molar-refractivity contribution in [1.82, 2.24) is 5.32 Å². The minimum atomic E-state index is 0.782. The third-order valence-electron chi connectivity index (χ3n) is 2.73. The summed E-state index contributed by atoms with van der Waals surface area (Å²) in [5.41, 5.74) is 2.19. The molecule has 0 fully saturated rings. The first-order valence-electron chi connectivity index (χ1n) is 6.37. The number of rotatable bonds is 4. The van der Waals surface area contributed by atoms with E-state index in [4.69, 9.17) is 4.74 Å². The van der Waals surface area contributed by atoms with Gasteiger partial charge in [-0.05, 0) is 31.1 Å². The predicted octanol–water partition coefficient (Wildman–Crippen LogP) is 3.25. The lowest BCUT2D eigenvalue weighted by atomic mass is 10.1. The molecule has 0 unspecified atom stereocenters. The Morgan fingerprint density at radius 1 is 1.33 bits per heavy atom. The number of unbranched alkanes of at least 4 members (excludes halogenated alkanes) is 1. The highest BCUT2D eigenvalue weighted by atomic mass is 16.5. The van der Waals surface area contributed by atoms with Crippen molar-refractivity contribution in [3.8, 4) is 0 Å². The molecule has 1 N–H and O–H groups in total. The van der Waals surface area contributed by atoms with E-state index in [9.17, 15) is 0 Å². The summed E-state index contributed by atoms with van der Waals surface area (Å²) in [5.74, 6) is 1.79. The fourth-order valence-electron chi connectivity index (χ4n) is 1.62. The van der Waals surface area contributed by atoms with Crippen LogP contribution in [0.1, 0.15) is 26.7 Å². The van der Waals surface area contributed by atoms with E-state index in [0.29, 0.717) is 0 Å². The van der Waals surface area contributed by atoms with Gasteiger partial charge in [-0.3, -0.25) is 0 Å². The van der Waals surface area contributed by atoms with Crippen LogP contribution in [-0.4, -0.2) is 12.8 Å². The zero-order valence-corrected chi connectivity index (χ0v) is 10.9. The monoisotopic (exact) mass is 243 g/mol. The number of aliphatic imine (C=N–C) groups is 1. The SMILES string of the molecule is CCCCOC1=C[CH]/C(=C2/N=CC(C)=CN2)C=C1. The van der Waals surface area contributed by atoms with Crippen molar-refractivity contribution in [3.05, 3.63) is 53.6 Å². The van der Waals surface area contributed by atoms with Gasteiger partial charge < -0.3 is 10.1 Å². The first-order chi connectivity index (χ1) is 8.79. The third kappa shape index (κ3) is 3.36. The standard InChI is InChI=1S/C15H19N2O/c1-3-4-9-18-14-7-5-13(6-8-14)15-16-10-12(2)11-17-15/h5-8,10-11,16H,3-4,9H2,1-2H3. The molecule has 0 amide bonds. The molecule has 0 aromatic heterocycles. The average Bonchev–Trinajstić information content (AvgIpc) is 2.41. The summed E-state index contributed by atoms with van der Waals surface area (Å²) in [4.78, 5) is 4.36. The molecule has 0 bridgehead atoms. The number of hydrogen-bond acceptors (Lipinski definition) is 3. The van der Waals surface area contributed by atoms with Gasteiger partial charge in [-0.25, -0.2) is 4.99 Å². The molecule has 1 aliphatic carbocycles. The predicted molar refractivity (Wildman–Crippen MR) is 74.8 cm³/mol. The Morgan fingerprint density at radius 2 is 2.22 bits per heavy atom. The maximum atomic E-state index is 5.63. The van der Waals surface area contributed by atoms with Crippen molar-refractivity contribution in [2.24, 2.45) is 4.99 Å². The summed E-state index contributed by atoms with van der Waals surface area (Å²) in [5, 5.41) is 3.17. The van der Waals surface area contributed by atoms with Crippen LogP contribution in [0.5, 0.6) is 0 Å². The lowest BCUT2D eigenvalue weighted by Crippen LogP contribution is -2.12. The van der Waals surface area contributed by atoms with Gasteiger partial charge in [0.25, 0.3) is 0 Å². The van der Waals surface area contributed by atoms with Crippen LogP contribution in [0.2, 0.25) is 0 Å². The lowest BCUT2D eigenvalue weighted by Gasteiger charge is -2.15. The fraction of sp³-hybridized carbons (Fsp3) is 0.333. The zero-order chi connectivity index (χ0) is 12.8. The molecular formula is C15H19N2O. The molecule has 1 radical (unpaired) electrons. The summed E-state index contributed by atoms with van der Waals surface area (Å²) in [6.07, 6.45) is 14.1. The van der Waals surface area contributed by atoms with Gasteiger partial charge in [0.05, 0.1) is 6.61 Å². The van der Waals surface area contributed by atoms with E-state index in [1.165, 1.54) is 0 Å². The molecule has 2 aliphatic rings. The Balaban J connectivity index is 1.93. The number of nitrogens with one attached hydrogen (secondary N) is 1. The minimum absolute atomic E-state index is 0.782. The van der Waals surface area contributed by atoms with Gasteiger partial charge in [-0.2, -0.15) is 0 Å². The second kappa shape index (κ2) is 6.24. The highest BCUT2D eigenvalue weighted by Crippen LogP contribution is 2.19. The summed E-state index contributed by atoms with van der Waals surface area (Å²) < 4.78 is 5.63. The maximum absolute atomic E-state index is 5.63. The van der Waals surface area contributed by atoms with Crippen molar-refractivity contribution < 1.29 is 4.74 Å². The second-order valence-electron chi connectivity index (χ2n) is 4.37. The lowest BCUT2D eigenvalue weighted by molar-refractivity contribution is 0.219. The summed E-state index contributed by atoms with van der Waals surface area (Å²) in [6, 6.07) is 0. The molecule has 18 heavy (non-hydrogen) atoms. The Bertz CT molecular complexity index is 453. The van der Waals surface area contributed by atoms with Crippen LogP contribution >= 0.6 is 0 Å². The first-order valence-corrected chi connectivity index (χ1v) is 6.37. The van der Waals surface area contributed by atoms with E-state index in [0.717, 1.165) is 42.2 Å². The second-order valence-corrected chi connectivity index (χ2v) is 4.37. The van der Waals surface area contributed by atoms with Gasteiger partial charge in [0.1, 0.15) is 11.6 Å². The Hall–Kier alpha value is -1.77. The number of ether oxygens (including phenoxy) is 1. The first kappa shape index (κ1) is 12.7. The molecule has 0 saturated heterocycles. The molecule has 1 aliphatic heterocycles. The number of hydrogen-bond donors (Lipinski definition) is 1. The Kier molecular flexibility index (Phi) is 4.40. The molecule has 3 nitrogen and oxygen atoms in total. The van der Waals surface area contributed by atoms with Crippen LogP contribution in [0, 0.1) is 6.42 Å². The number of allylic oxidation sites excluding steroid dienone is 5. The molecule has 0 spiro atoms. The quantitative estimate of drug-likeness (QED) is 0.769. The van der Waals surface area contributed by atoms with Gasteiger partial charge >= 0.3 is 0 Å². The van der Waals surface area contributed by atoms with Crippen LogP contribution in [0.4, 0.5) is 0 Å². The molecular weight excluding hydrogens is 224 g/mol. The van der Waals surface area contributed by atoms with Crippen molar-refractivity contribution in [1.29, 1.82) is 0 Å². The van der Waals surface area contributed by atoms with Crippen molar-refractivity contribution in [2.45, 2.75) is 26.7 Å². The minimum Gasteiger partial charge on any atom is -0.494 e. The van der Waals surface area contributed by atoms with Crippen molar-refractivity contribution in [3.63, 3.8) is 0 Å². The highest BCUT2D eigenvalue weighted by Gasteiger charge is 2.09. The van der Waals surface area contributed by atoms with Gasteiger partial charge in [0.2, 0.25) is 0 Å². The molecule has 0 atom stereocenters. The van der Waals surface area contributed by atoms with E-state index < -0.39 is 0 Å². The smallest absolute Gasteiger partial charge is 0.133 e.